The highest BCUT2D eigenvalue weighted by Crippen LogP contribution is 2.27. The summed E-state index contributed by atoms with van der Waals surface area (Å²) in [5.41, 5.74) is 0.741. The van der Waals surface area contributed by atoms with Gasteiger partial charge < -0.3 is 0 Å². The summed E-state index contributed by atoms with van der Waals surface area (Å²) in [6.45, 7) is 2.20. The minimum absolute atomic E-state index is 0.235. The van der Waals surface area contributed by atoms with Crippen LogP contribution in [0.1, 0.15) is 6.92 Å². The van der Waals surface area contributed by atoms with Gasteiger partial charge in [-0.1, -0.05) is 31.9 Å². The number of hydrogen-bond acceptors (Lipinski definition) is 4. The first-order valence-electron chi connectivity index (χ1n) is 5.25. The van der Waals surface area contributed by atoms with Crippen LogP contribution in [-0.4, -0.2) is 23.2 Å². The molecule has 0 amide bonds. The molecule has 0 unspecified atom stereocenters. The van der Waals surface area contributed by atoms with Crippen molar-refractivity contribution in [2.45, 2.75) is 18.6 Å². The van der Waals surface area contributed by atoms with Crippen LogP contribution in [0, 0.1) is 0 Å². The molecule has 0 aliphatic heterocycles. The molecule has 19 heavy (non-hydrogen) atoms. The van der Waals surface area contributed by atoms with Crippen molar-refractivity contribution in [3.05, 3.63) is 27.1 Å². The number of halogens is 2. The van der Waals surface area contributed by atoms with Crippen LogP contribution >= 0.6 is 31.9 Å². The van der Waals surface area contributed by atoms with Gasteiger partial charge in [0.05, 0.1) is 0 Å². The Hall–Kier alpha value is -0.770. The molecular weight excluding hydrogens is 400 g/mol. The highest BCUT2D eigenvalue weighted by Gasteiger charge is 2.21. The first-order chi connectivity index (χ1) is 8.82. The monoisotopic (exact) mass is 408 g/mol. The zero-order valence-electron chi connectivity index (χ0n) is 9.84. The fourth-order valence-corrected chi connectivity index (χ4v) is 3.65. The molecule has 0 atom stereocenters. The van der Waals surface area contributed by atoms with E-state index in [1.807, 2.05) is 18.2 Å². The molecule has 1 heterocycles. The predicted octanol–water partition coefficient (Wildman–Crippen LogP) is 2.14. The lowest BCUT2D eigenvalue weighted by Crippen LogP contribution is -2.18. The molecule has 9 heteroatoms. The molecule has 1 aromatic heterocycles. The van der Waals surface area contributed by atoms with Gasteiger partial charge in [0, 0.05) is 21.1 Å². The standard InChI is InChI=1S/C10H10Br2N4O2S/c1-2-16-9(14-15-10(16)19(13,17)18)6-3-7(11)5-8(12)4-6/h3-5H,2H2,1H3,(H2,13,17,18). The maximum atomic E-state index is 11.4. The number of hydrogen-bond donors (Lipinski definition) is 1. The summed E-state index contributed by atoms with van der Waals surface area (Å²) in [6.07, 6.45) is 0. The van der Waals surface area contributed by atoms with Crippen molar-refractivity contribution >= 4 is 41.9 Å². The number of nitrogens with zero attached hydrogens (tertiary/aromatic N) is 3. The highest BCUT2D eigenvalue weighted by molar-refractivity contribution is 9.11. The van der Waals surface area contributed by atoms with Gasteiger partial charge in [-0.2, -0.15) is 0 Å². The van der Waals surface area contributed by atoms with Gasteiger partial charge in [0.25, 0.3) is 15.2 Å². The molecule has 2 N–H and O–H groups in total. The van der Waals surface area contributed by atoms with E-state index < -0.39 is 10.0 Å². The zero-order valence-corrected chi connectivity index (χ0v) is 13.8. The summed E-state index contributed by atoms with van der Waals surface area (Å²) in [7, 11) is -3.89. The second-order valence-electron chi connectivity index (χ2n) is 3.75. The molecule has 0 fully saturated rings. The van der Waals surface area contributed by atoms with Crippen LogP contribution in [-0.2, 0) is 16.6 Å². The Morgan fingerprint density at radius 3 is 2.26 bits per heavy atom. The molecule has 0 saturated carbocycles. The van der Waals surface area contributed by atoms with Gasteiger partial charge in [0.1, 0.15) is 0 Å². The molecule has 0 aliphatic rings. The van der Waals surface area contributed by atoms with Crippen LogP contribution in [0.2, 0.25) is 0 Å². The Balaban J connectivity index is 2.67. The molecule has 2 rings (SSSR count). The van der Waals surface area contributed by atoms with E-state index in [0.717, 1.165) is 14.5 Å². The number of benzene rings is 1. The quantitative estimate of drug-likeness (QED) is 0.840. The predicted molar refractivity (Wildman–Crippen MR) is 77.9 cm³/mol. The summed E-state index contributed by atoms with van der Waals surface area (Å²) in [6, 6.07) is 5.53. The van der Waals surface area contributed by atoms with Crippen LogP contribution in [0.4, 0.5) is 0 Å². The molecule has 0 radical (unpaired) electrons. The Morgan fingerprint density at radius 1 is 1.21 bits per heavy atom. The number of sulfonamides is 1. The Morgan fingerprint density at radius 2 is 1.79 bits per heavy atom. The van der Waals surface area contributed by atoms with Gasteiger partial charge >= 0.3 is 0 Å². The maximum Gasteiger partial charge on any atom is 0.273 e. The zero-order chi connectivity index (χ0) is 14.2. The van der Waals surface area contributed by atoms with E-state index >= 15 is 0 Å². The Bertz CT molecular complexity index is 707. The number of rotatable bonds is 3. The first kappa shape index (κ1) is 14.6. The van der Waals surface area contributed by atoms with Crippen molar-refractivity contribution in [1.29, 1.82) is 0 Å². The summed E-state index contributed by atoms with van der Waals surface area (Å²) < 4.78 is 26.0. The number of nitrogens with two attached hydrogens (primary N) is 1. The van der Waals surface area contributed by atoms with Crippen molar-refractivity contribution < 1.29 is 8.42 Å². The molecule has 102 valence electrons. The normalized spacial score (nSPS) is 11.8. The molecule has 0 saturated heterocycles. The minimum atomic E-state index is -3.89. The lowest BCUT2D eigenvalue weighted by Gasteiger charge is -2.07. The van der Waals surface area contributed by atoms with Gasteiger partial charge in [-0.05, 0) is 25.1 Å². The third-order valence-corrected chi connectivity index (χ3v) is 4.13. The maximum absolute atomic E-state index is 11.4. The fourth-order valence-electron chi connectivity index (χ4n) is 1.68. The van der Waals surface area contributed by atoms with E-state index in [1.165, 1.54) is 4.57 Å². The molecule has 6 nitrogen and oxygen atoms in total. The van der Waals surface area contributed by atoms with Crippen molar-refractivity contribution in [3.8, 4) is 11.4 Å². The molecule has 2 aromatic rings. The van der Waals surface area contributed by atoms with Crippen LogP contribution in [0.5, 0.6) is 0 Å². The lowest BCUT2D eigenvalue weighted by atomic mass is 10.2. The number of aromatic nitrogens is 3. The average Bonchev–Trinajstić information content (AvgIpc) is 2.70. The van der Waals surface area contributed by atoms with E-state index in [-0.39, 0.29) is 5.16 Å². The first-order valence-corrected chi connectivity index (χ1v) is 8.38. The summed E-state index contributed by atoms with van der Waals surface area (Å²) in [4.78, 5) is 0. The fraction of sp³-hybridized carbons (Fsp3) is 0.200. The second kappa shape index (κ2) is 5.31. The van der Waals surface area contributed by atoms with Gasteiger partial charge in [0.15, 0.2) is 5.82 Å². The van der Waals surface area contributed by atoms with Crippen LogP contribution in [0.3, 0.4) is 0 Å². The highest BCUT2D eigenvalue weighted by atomic mass is 79.9. The van der Waals surface area contributed by atoms with Crippen molar-refractivity contribution in [1.82, 2.24) is 14.8 Å². The Labute approximate surface area is 127 Å². The topological polar surface area (TPSA) is 90.9 Å². The summed E-state index contributed by atoms with van der Waals surface area (Å²) in [5.74, 6) is 0.452. The lowest BCUT2D eigenvalue weighted by molar-refractivity contribution is 0.571. The van der Waals surface area contributed by atoms with Crippen molar-refractivity contribution in [3.63, 3.8) is 0 Å². The number of primary sulfonamides is 1. The van der Waals surface area contributed by atoms with Gasteiger partial charge in [0.2, 0.25) is 0 Å². The third kappa shape index (κ3) is 3.04. The van der Waals surface area contributed by atoms with E-state index in [4.69, 9.17) is 5.14 Å². The molecule has 0 bridgehead atoms. The van der Waals surface area contributed by atoms with Gasteiger partial charge in [-0.25, -0.2) is 13.6 Å². The van der Waals surface area contributed by atoms with Crippen LogP contribution in [0.15, 0.2) is 32.3 Å². The van der Waals surface area contributed by atoms with Crippen LogP contribution < -0.4 is 5.14 Å². The Kier molecular flexibility index (Phi) is 4.09. The van der Waals surface area contributed by atoms with E-state index in [9.17, 15) is 8.42 Å². The summed E-state index contributed by atoms with van der Waals surface area (Å²) in [5, 5.41) is 12.5. The van der Waals surface area contributed by atoms with Gasteiger partial charge in [-0.15, -0.1) is 10.2 Å². The van der Waals surface area contributed by atoms with Crippen LogP contribution in [0.25, 0.3) is 11.4 Å². The van der Waals surface area contributed by atoms with E-state index in [2.05, 4.69) is 42.1 Å². The van der Waals surface area contributed by atoms with Crippen molar-refractivity contribution in [2.24, 2.45) is 5.14 Å². The molecule has 1 aromatic carbocycles. The van der Waals surface area contributed by atoms with Gasteiger partial charge in [-0.3, -0.25) is 4.57 Å². The summed E-state index contributed by atoms with van der Waals surface area (Å²) >= 11 is 6.75. The SMILES string of the molecule is CCn1c(-c2cc(Br)cc(Br)c2)nnc1S(N)(=O)=O. The van der Waals surface area contributed by atoms with E-state index in [1.54, 1.807) is 6.92 Å². The minimum Gasteiger partial charge on any atom is -0.297 e. The largest absolute Gasteiger partial charge is 0.297 e. The van der Waals surface area contributed by atoms with Crippen molar-refractivity contribution in [2.75, 3.05) is 0 Å². The molecule has 0 spiro atoms. The third-order valence-electron chi connectivity index (χ3n) is 2.41. The molecular formula is C10H10Br2N4O2S. The average molecular weight is 410 g/mol. The smallest absolute Gasteiger partial charge is 0.273 e. The molecule has 0 aliphatic carbocycles. The second-order valence-corrected chi connectivity index (χ2v) is 7.04. The van der Waals surface area contributed by atoms with E-state index in [0.29, 0.717) is 12.4 Å².